The van der Waals surface area contributed by atoms with Crippen LogP contribution < -0.4 is 4.74 Å². The van der Waals surface area contributed by atoms with Gasteiger partial charge in [-0.3, -0.25) is 4.79 Å². The Kier molecular flexibility index (Phi) is 3.67. The van der Waals surface area contributed by atoms with Gasteiger partial charge in [-0.25, -0.2) is 0 Å². The van der Waals surface area contributed by atoms with Crippen LogP contribution >= 0.6 is 0 Å². The van der Waals surface area contributed by atoms with Crippen LogP contribution in [0, 0.1) is 5.92 Å². The van der Waals surface area contributed by atoms with E-state index in [0.29, 0.717) is 12.5 Å². The monoisotopic (exact) mass is 234 g/mol. The highest BCUT2D eigenvalue weighted by Crippen LogP contribution is 2.42. The SMILES string of the molecule is CCOC(=O)[C@H]1C[C@@H](c2ccc(OC)cc2)C1. The van der Waals surface area contributed by atoms with E-state index in [9.17, 15) is 4.79 Å². The van der Waals surface area contributed by atoms with Gasteiger partial charge in [-0.1, -0.05) is 12.1 Å². The van der Waals surface area contributed by atoms with Crippen LogP contribution in [0.3, 0.4) is 0 Å². The van der Waals surface area contributed by atoms with Crippen molar-refractivity contribution in [1.29, 1.82) is 0 Å². The van der Waals surface area contributed by atoms with E-state index in [2.05, 4.69) is 12.1 Å². The number of ether oxygens (including phenoxy) is 2. The number of esters is 1. The summed E-state index contributed by atoms with van der Waals surface area (Å²) in [6.07, 6.45) is 1.82. The lowest BCUT2D eigenvalue weighted by Gasteiger charge is -2.33. The lowest BCUT2D eigenvalue weighted by molar-refractivity contribution is -0.151. The molecular formula is C14H18O3. The third kappa shape index (κ3) is 2.60. The lowest BCUT2D eigenvalue weighted by Crippen LogP contribution is -2.30. The molecule has 0 saturated heterocycles. The maximum absolute atomic E-state index is 11.5. The largest absolute Gasteiger partial charge is 0.497 e. The molecule has 1 saturated carbocycles. The van der Waals surface area contributed by atoms with E-state index in [1.807, 2.05) is 19.1 Å². The first kappa shape index (κ1) is 12.0. The minimum absolute atomic E-state index is 0.0442. The Morgan fingerprint density at radius 2 is 1.94 bits per heavy atom. The van der Waals surface area contributed by atoms with Crippen LogP contribution in [0.2, 0.25) is 0 Å². The number of methoxy groups -OCH3 is 1. The van der Waals surface area contributed by atoms with Crippen molar-refractivity contribution in [2.45, 2.75) is 25.7 Å². The maximum atomic E-state index is 11.5. The molecule has 0 amide bonds. The van der Waals surface area contributed by atoms with Gasteiger partial charge in [0.2, 0.25) is 0 Å². The molecule has 3 heteroatoms. The molecule has 3 nitrogen and oxygen atoms in total. The van der Waals surface area contributed by atoms with E-state index < -0.39 is 0 Å². The molecule has 2 rings (SSSR count). The highest BCUT2D eigenvalue weighted by molar-refractivity contribution is 5.73. The fourth-order valence-electron chi connectivity index (χ4n) is 2.22. The normalized spacial score (nSPS) is 22.7. The number of carbonyl (C=O) groups excluding carboxylic acids is 1. The summed E-state index contributed by atoms with van der Waals surface area (Å²) in [5.74, 6) is 1.42. The summed E-state index contributed by atoms with van der Waals surface area (Å²) in [7, 11) is 1.66. The molecule has 1 aliphatic rings. The average molecular weight is 234 g/mol. The van der Waals surface area contributed by atoms with E-state index >= 15 is 0 Å². The first-order chi connectivity index (χ1) is 8.24. The van der Waals surface area contributed by atoms with Crippen LogP contribution in [-0.2, 0) is 9.53 Å². The van der Waals surface area contributed by atoms with E-state index in [0.717, 1.165) is 18.6 Å². The van der Waals surface area contributed by atoms with Crippen molar-refractivity contribution in [1.82, 2.24) is 0 Å². The summed E-state index contributed by atoms with van der Waals surface area (Å²) < 4.78 is 10.1. The van der Waals surface area contributed by atoms with Crippen molar-refractivity contribution in [2.24, 2.45) is 5.92 Å². The molecule has 0 spiro atoms. The van der Waals surface area contributed by atoms with Gasteiger partial charge in [0.15, 0.2) is 0 Å². The van der Waals surface area contributed by atoms with Crippen molar-refractivity contribution >= 4 is 5.97 Å². The van der Waals surface area contributed by atoms with Crippen molar-refractivity contribution in [3.63, 3.8) is 0 Å². The van der Waals surface area contributed by atoms with Gasteiger partial charge in [0.25, 0.3) is 0 Å². The maximum Gasteiger partial charge on any atom is 0.308 e. The molecule has 1 aromatic rings. The van der Waals surface area contributed by atoms with Gasteiger partial charge in [-0.2, -0.15) is 0 Å². The Balaban J connectivity index is 1.88. The molecule has 0 radical (unpaired) electrons. The molecule has 0 aromatic heterocycles. The number of carbonyl (C=O) groups is 1. The Hall–Kier alpha value is -1.51. The van der Waals surface area contributed by atoms with Crippen LogP contribution in [0.4, 0.5) is 0 Å². The minimum Gasteiger partial charge on any atom is -0.497 e. The Morgan fingerprint density at radius 1 is 1.29 bits per heavy atom. The molecule has 1 aromatic carbocycles. The predicted octanol–water partition coefficient (Wildman–Crippen LogP) is 2.75. The molecular weight excluding hydrogens is 216 g/mol. The number of hydrogen-bond acceptors (Lipinski definition) is 3. The molecule has 17 heavy (non-hydrogen) atoms. The van der Waals surface area contributed by atoms with Crippen molar-refractivity contribution in [3.05, 3.63) is 29.8 Å². The molecule has 1 fully saturated rings. The molecule has 0 N–H and O–H groups in total. The van der Waals surface area contributed by atoms with Crippen molar-refractivity contribution in [3.8, 4) is 5.75 Å². The predicted molar refractivity (Wildman–Crippen MR) is 65.1 cm³/mol. The smallest absolute Gasteiger partial charge is 0.308 e. The van der Waals surface area contributed by atoms with Gasteiger partial charge in [0.1, 0.15) is 5.75 Å². The average Bonchev–Trinajstić information content (AvgIpc) is 2.28. The fourth-order valence-corrected chi connectivity index (χ4v) is 2.22. The number of benzene rings is 1. The second-order valence-electron chi connectivity index (χ2n) is 4.39. The molecule has 0 unspecified atom stereocenters. The lowest BCUT2D eigenvalue weighted by atomic mass is 9.71. The Morgan fingerprint density at radius 3 is 2.47 bits per heavy atom. The van der Waals surface area contributed by atoms with E-state index in [1.54, 1.807) is 7.11 Å². The topological polar surface area (TPSA) is 35.5 Å². The van der Waals surface area contributed by atoms with Gasteiger partial charge in [0, 0.05) is 0 Å². The molecule has 0 atom stereocenters. The zero-order valence-electron chi connectivity index (χ0n) is 10.3. The Labute approximate surface area is 102 Å². The quantitative estimate of drug-likeness (QED) is 0.751. The van der Waals surface area contributed by atoms with Crippen LogP contribution in [-0.4, -0.2) is 19.7 Å². The molecule has 0 aliphatic heterocycles. The number of rotatable bonds is 4. The van der Waals surface area contributed by atoms with Crippen LogP contribution in [0.15, 0.2) is 24.3 Å². The van der Waals surface area contributed by atoms with Crippen LogP contribution in [0.1, 0.15) is 31.2 Å². The second-order valence-corrected chi connectivity index (χ2v) is 4.39. The number of hydrogen-bond donors (Lipinski definition) is 0. The molecule has 0 heterocycles. The molecule has 1 aliphatic carbocycles. The van der Waals surface area contributed by atoms with E-state index in [-0.39, 0.29) is 11.9 Å². The molecule has 0 bridgehead atoms. The zero-order valence-corrected chi connectivity index (χ0v) is 10.3. The standard InChI is InChI=1S/C14H18O3/c1-3-17-14(15)12-8-11(9-12)10-4-6-13(16-2)7-5-10/h4-7,11-12H,3,8-9H2,1-2H3/t11-,12+. The second kappa shape index (κ2) is 5.21. The van der Waals surface area contributed by atoms with Gasteiger partial charge < -0.3 is 9.47 Å². The van der Waals surface area contributed by atoms with Crippen molar-refractivity contribution < 1.29 is 14.3 Å². The molecule has 92 valence electrons. The summed E-state index contributed by atoms with van der Waals surface area (Å²) in [6.45, 7) is 2.32. The highest BCUT2D eigenvalue weighted by atomic mass is 16.5. The van der Waals surface area contributed by atoms with Crippen LogP contribution in [0.25, 0.3) is 0 Å². The van der Waals surface area contributed by atoms with Gasteiger partial charge in [0.05, 0.1) is 19.6 Å². The van der Waals surface area contributed by atoms with Gasteiger partial charge >= 0.3 is 5.97 Å². The summed E-state index contributed by atoms with van der Waals surface area (Å²) in [4.78, 5) is 11.5. The summed E-state index contributed by atoms with van der Waals surface area (Å²) in [5, 5.41) is 0. The summed E-state index contributed by atoms with van der Waals surface area (Å²) in [5.41, 5.74) is 1.28. The third-order valence-electron chi connectivity index (χ3n) is 3.35. The zero-order chi connectivity index (χ0) is 12.3. The first-order valence-corrected chi connectivity index (χ1v) is 6.05. The van der Waals surface area contributed by atoms with E-state index in [1.165, 1.54) is 5.56 Å². The minimum atomic E-state index is -0.0442. The van der Waals surface area contributed by atoms with Crippen LogP contribution in [0.5, 0.6) is 5.75 Å². The summed E-state index contributed by atoms with van der Waals surface area (Å²) >= 11 is 0. The highest BCUT2D eigenvalue weighted by Gasteiger charge is 2.36. The Bertz CT molecular complexity index is 377. The van der Waals surface area contributed by atoms with Gasteiger partial charge in [-0.15, -0.1) is 0 Å². The third-order valence-corrected chi connectivity index (χ3v) is 3.35. The van der Waals surface area contributed by atoms with Gasteiger partial charge in [-0.05, 0) is 43.4 Å². The summed E-state index contributed by atoms with van der Waals surface area (Å²) in [6, 6.07) is 8.08. The first-order valence-electron chi connectivity index (χ1n) is 6.05. The van der Waals surface area contributed by atoms with Crippen molar-refractivity contribution in [2.75, 3.05) is 13.7 Å². The fraction of sp³-hybridized carbons (Fsp3) is 0.500. The van der Waals surface area contributed by atoms with E-state index in [4.69, 9.17) is 9.47 Å².